The second kappa shape index (κ2) is 7.79. The lowest BCUT2D eigenvalue weighted by Crippen LogP contribution is -2.42. The minimum absolute atomic E-state index is 0.155. The molecule has 1 saturated heterocycles. The third kappa shape index (κ3) is 4.35. The summed E-state index contributed by atoms with van der Waals surface area (Å²) in [6.45, 7) is 1.22. The maximum absolute atomic E-state index is 12.7. The zero-order chi connectivity index (χ0) is 17.6. The molecular weight excluding hydrogens is 320 g/mol. The quantitative estimate of drug-likeness (QED) is 0.905. The second-order valence-electron chi connectivity index (χ2n) is 6.11. The first-order chi connectivity index (χ1) is 12.1. The highest BCUT2D eigenvalue weighted by molar-refractivity contribution is 5.95. The second-order valence-corrected chi connectivity index (χ2v) is 6.11. The van der Waals surface area contributed by atoms with E-state index >= 15 is 0 Å². The van der Waals surface area contributed by atoms with Gasteiger partial charge in [0.2, 0.25) is 0 Å². The van der Waals surface area contributed by atoms with Crippen LogP contribution in [0.1, 0.15) is 28.8 Å². The first-order valence-corrected chi connectivity index (χ1v) is 8.27. The van der Waals surface area contributed by atoms with Gasteiger partial charge >= 0.3 is 5.97 Å². The Bertz CT molecular complexity index is 748. The lowest BCUT2D eigenvalue weighted by atomic mass is 9.97. The molecule has 1 fully saturated rings. The Balaban J connectivity index is 1.66. The van der Waals surface area contributed by atoms with Crippen molar-refractivity contribution in [2.24, 2.45) is 5.92 Å². The standard InChI is InChI=1S/C19H20N2O4/c22-18(21-9-3-6-16(12-21)19(23)24)15-5-1-7-17(10-15)25-13-14-4-2-8-20-11-14/h1-2,4-5,7-8,10-11,16H,3,6,9,12-13H2,(H,23,24)/t16-/m0/s1. The fraction of sp³-hybridized carbons (Fsp3) is 0.316. The van der Waals surface area contributed by atoms with Crippen molar-refractivity contribution in [1.29, 1.82) is 0 Å². The van der Waals surface area contributed by atoms with E-state index in [1.54, 1.807) is 41.6 Å². The Kier molecular flexibility index (Phi) is 5.28. The molecule has 3 rings (SSSR count). The molecule has 1 atom stereocenters. The van der Waals surface area contributed by atoms with Gasteiger partial charge < -0.3 is 14.7 Å². The lowest BCUT2D eigenvalue weighted by Gasteiger charge is -2.30. The summed E-state index contributed by atoms with van der Waals surface area (Å²) in [5, 5.41) is 9.17. The van der Waals surface area contributed by atoms with Gasteiger partial charge in [0.1, 0.15) is 12.4 Å². The summed E-state index contributed by atoms with van der Waals surface area (Å²) in [4.78, 5) is 29.5. The van der Waals surface area contributed by atoms with E-state index in [0.29, 0.717) is 37.3 Å². The van der Waals surface area contributed by atoms with Crippen molar-refractivity contribution in [2.75, 3.05) is 13.1 Å². The van der Waals surface area contributed by atoms with Crippen LogP contribution in [0.4, 0.5) is 0 Å². The minimum atomic E-state index is -0.842. The number of carbonyl (C=O) groups is 2. The Morgan fingerprint density at radius 2 is 2.16 bits per heavy atom. The number of carbonyl (C=O) groups excluding carboxylic acids is 1. The number of aromatic nitrogens is 1. The Hall–Kier alpha value is -2.89. The van der Waals surface area contributed by atoms with Crippen LogP contribution in [-0.4, -0.2) is 40.0 Å². The molecular formula is C19H20N2O4. The smallest absolute Gasteiger partial charge is 0.308 e. The van der Waals surface area contributed by atoms with E-state index in [1.807, 2.05) is 12.1 Å². The van der Waals surface area contributed by atoms with Crippen LogP contribution in [0.3, 0.4) is 0 Å². The van der Waals surface area contributed by atoms with Crippen LogP contribution in [-0.2, 0) is 11.4 Å². The van der Waals surface area contributed by atoms with E-state index in [-0.39, 0.29) is 12.5 Å². The third-order valence-corrected chi connectivity index (χ3v) is 4.27. The number of amides is 1. The first-order valence-electron chi connectivity index (χ1n) is 8.27. The SMILES string of the molecule is O=C(O)[C@H]1CCCN(C(=O)c2cccc(OCc3cccnc3)c2)C1. The van der Waals surface area contributed by atoms with Crippen molar-refractivity contribution in [3.05, 3.63) is 59.9 Å². The fourth-order valence-electron chi connectivity index (χ4n) is 2.91. The number of aliphatic carboxylic acids is 1. The van der Waals surface area contributed by atoms with Gasteiger partial charge in [0.25, 0.3) is 5.91 Å². The molecule has 0 bridgehead atoms. The van der Waals surface area contributed by atoms with Gasteiger partial charge in [-0.1, -0.05) is 12.1 Å². The molecule has 130 valence electrons. The molecule has 25 heavy (non-hydrogen) atoms. The number of likely N-dealkylation sites (tertiary alicyclic amines) is 1. The van der Waals surface area contributed by atoms with Crippen molar-refractivity contribution in [2.45, 2.75) is 19.4 Å². The summed E-state index contributed by atoms with van der Waals surface area (Å²) in [7, 11) is 0. The average Bonchev–Trinajstić information content (AvgIpc) is 2.67. The average molecular weight is 340 g/mol. The minimum Gasteiger partial charge on any atom is -0.489 e. The van der Waals surface area contributed by atoms with Crippen molar-refractivity contribution >= 4 is 11.9 Å². The highest BCUT2D eigenvalue weighted by Crippen LogP contribution is 2.21. The number of nitrogens with zero attached hydrogens (tertiary/aromatic N) is 2. The highest BCUT2D eigenvalue weighted by Gasteiger charge is 2.28. The fourth-order valence-corrected chi connectivity index (χ4v) is 2.91. The van der Waals surface area contributed by atoms with Crippen LogP contribution in [0.15, 0.2) is 48.8 Å². The molecule has 1 aromatic heterocycles. The van der Waals surface area contributed by atoms with Crippen LogP contribution in [0.2, 0.25) is 0 Å². The molecule has 0 unspecified atom stereocenters. The molecule has 2 heterocycles. The monoisotopic (exact) mass is 340 g/mol. The van der Waals surface area contributed by atoms with Gasteiger partial charge in [-0.15, -0.1) is 0 Å². The maximum Gasteiger partial charge on any atom is 0.308 e. The Morgan fingerprint density at radius 3 is 2.92 bits per heavy atom. The summed E-state index contributed by atoms with van der Waals surface area (Å²) in [5.41, 5.74) is 1.45. The van der Waals surface area contributed by atoms with E-state index in [9.17, 15) is 9.59 Å². The van der Waals surface area contributed by atoms with E-state index in [4.69, 9.17) is 9.84 Å². The first kappa shape index (κ1) is 17.0. The zero-order valence-corrected chi connectivity index (χ0v) is 13.8. The summed E-state index contributed by atoms with van der Waals surface area (Å²) >= 11 is 0. The number of carboxylic acid groups (broad SMARTS) is 1. The largest absolute Gasteiger partial charge is 0.489 e. The van der Waals surface area contributed by atoms with E-state index < -0.39 is 11.9 Å². The van der Waals surface area contributed by atoms with Crippen molar-refractivity contribution in [1.82, 2.24) is 9.88 Å². The van der Waals surface area contributed by atoms with Gasteiger partial charge in [0, 0.05) is 36.6 Å². The number of benzene rings is 1. The van der Waals surface area contributed by atoms with Gasteiger partial charge in [0.15, 0.2) is 0 Å². The third-order valence-electron chi connectivity index (χ3n) is 4.27. The molecule has 0 spiro atoms. The summed E-state index contributed by atoms with van der Waals surface area (Å²) in [6, 6.07) is 10.7. The number of piperidine rings is 1. The highest BCUT2D eigenvalue weighted by atomic mass is 16.5. The number of pyridine rings is 1. The van der Waals surface area contributed by atoms with Crippen LogP contribution < -0.4 is 4.74 Å². The van der Waals surface area contributed by atoms with E-state index in [1.165, 1.54) is 0 Å². The molecule has 6 nitrogen and oxygen atoms in total. The molecule has 1 aliphatic rings. The number of hydrogen-bond acceptors (Lipinski definition) is 4. The molecule has 6 heteroatoms. The molecule has 0 aliphatic carbocycles. The Labute approximate surface area is 146 Å². The summed E-state index contributed by atoms with van der Waals surface area (Å²) in [6.07, 6.45) is 4.76. The van der Waals surface area contributed by atoms with Gasteiger partial charge in [-0.2, -0.15) is 0 Å². The normalized spacial score (nSPS) is 17.1. The number of hydrogen-bond donors (Lipinski definition) is 1. The van der Waals surface area contributed by atoms with Crippen molar-refractivity contribution in [3.8, 4) is 5.75 Å². The van der Waals surface area contributed by atoms with Crippen LogP contribution >= 0.6 is 0 Å². The maximum atomic E-state index is 12.7. The summed E-state index contributed by atoms with van der Waals surface area (Å²) < 4.78 is 5.72. The van der Waals surface area contributed by atoms with E-state index in [0.717, 1.165) is 5.56 Å². The Morgan fingerprint density at radius 1 is 1.28 bits per heavy atom. The summed E-state index contributed by atoms with van der Waals surface area (Å²) in [5.74, 6) is -0.881. The lowest BCUT2D eigenvalue weighted by molar-refractivity contribution is -0.143. The van der Waals surface area contributed by atoms with E-state index in [2.05, 4.69) is 4.98 Å². The van der Waals surface area contributed by atoms with Gasteiger partial charge in [-0.05, 0) is 37.1 Å². The predicted octanol–water partition coefficient (Wildman–Crippen LogP) is 2.60. The van der Waals surface area contributed by atoms with Gasteiger partial charge in [0.05, 0.1) is 5.92 Å². The van der Waals surface area contributed by atoms with Crippen LogP contribution in [0, 0.1) is 5.92 Å². The molecule has 1 N–H and O–H groups in total. The van der Waals surface area contributed by atoms with Crippen molar-refractivity contribution in [3.63, 3.8) is 0 Å². The topological polar surface area (TPSA) is 79.7 Å². The molecule has 0 saturated carbocycles. The zero-order valence-electron chi connectivity index (χ0n) is 13.8. The molecule has 1 amide bonds. The number of carboxylic acids is 1. The van der Waals surface area contributed by atoms with Crippen molar-refractivity contribution < 1.29 is 19.4 Å². The van der Waals surface area contributed by atoms with Gasteiger partial charge in [-0.3, -0.25) is 14.6 Å². The number of rotatable bonds is 5. The van der Waals surface area contributed by atoms with Crippen LogP contribution in [0.5, 0.6) is 5.75 Å². The molecule has 1 aromatic carbocycles. The number of ether oxygens (including phenoxy) is 1. The predicted molar refractivity (Wildman–Crippen MR) is 91.3 cm³/mol. The molecule has 2 aromatic rings. The van der Waals surface area contributed by atoms with Crippen LogP contribution in [0.25, 0.3) is 0 Å². The van der Waals surface area contributed by atoms with Gasteiger partial charge in [-0.25, -0.2) is 0 Å². The molecule has 0 radical (unpaired) electrons. The molecule has 1 aliphatic heterocycles.